The first-order chi connectivity index (χ1) is 8.05. The van der Waals surface area contributed by atoms with Gasteiger partial charge in [0.05, 0.1) is 32.8 Å². The molecule has 0 saturated carbocycles. The number of hydrogen-bond acceptors (Lipinski definition) is 3. The molecule has 0 radical (unpaired) electrons. The van der Waals surface area contributed by atoms with Crippen molar-refractivity contribution in [3.8, 4) is 0 Å². The van der Waals surface area contributed by atoms with Gasteiger partial charge >= 0.3 is 5.97 Å². The summed E-state index contributed by atoms with van der Waals surface area (Å²) in [4.78, 5) is 22.1. The molecule has 100 valence electrons. The number of esters is 1. The van der Waals surface area contributed by atoms with Gasteiger partial charge in [-0.2, -0.15) is 0 Å². The molecule has 0 rings (SSSR count). The lowest BCUT2D eigenvalue weighted by molar-refractivity contribution is -0.923. The summed E-state index contributed by atoms with van der Waals surface area (Å²) in [6, 6.07) is 0. The van der Waals surface area contributed by atoms with Crippen LogP contribution in [0.2, 0.25) is 0 Å². The van der Waals surface area contributed by atoms with Crippen LogP contribution >= 0.6 is 0 Å². The Kier molecular flexibility index (Phi) is 7.79. The highest BCUT2D eigenvalue weighted by atomic mass is 16.5. The Balaban J connectivity index is 3.91. The van der Waals surface area contributed by atoms with E-state index in [1.54, 1.807) is 6.92 Å². The lowest BCUT2D eigenvalue weighted by Gasteiger charge is -2.35. The third-order valence-corrected chi connectivity index (χ3v) is 3.57. The van der Waals surface area contributed by atoms with E-state index >= 15 is 0 Å². The number of ketones is 1. The SMILES string of the molecule is CCC(=O)C(=O)OCCC[N+](CC)(CC)CC. The van der Waals surface area contributed by atoms with Crippen LogP contribution in [0.4, 0.5) is 0 Å². The molecule has 0 aromatic rings. The molecular weight excluding hydrogens is 218 g/mol. The maximum absolute atomic E-state index is 11.1. The molecule has 0 aliphatic heterocycles. The van der Waals surface area contributed by atoms with E-state index in [1.165, 1.54) is 0 Å². The second-order valence-electron chi connectivity index (χ2n) is 4.28. The van der Waals surface area contributed by atoms with Gasteiger partial charge in [0.2, 0.25) is 5.78 Å². The molecule has 0 amide bonds. The summed E-state index contributed by atoms with van der Waals surface area (Å²) in [5.74, 6) is -1.12. The summed E-state index contributed by atoms with van der Waals surface area (Å²) < 4.78 is 5.97. The first-order valence-electron chi connectivity index (χ1n) is 6.60. The second-order valence-corrected chi connectivity index (χ2v) is 4.28. The van der Waals surface area contributed by atoms with E-state index in [0.717, 1.165) is 37.1 Å². The van der Waals surface area contributed by atoms with Crippen LogP contribution in [-0.4, -0.2) is 49.0 Å². The molecule has 0 heterocycles. The number of quaternary nitrogens is 1. The third kappa shape index (κ3) is 5.31. The summed E-state index contributed by atoms with van der Waals surface area (Å²) in [7, 11) is 0. The highest BCUT2D eigenvalue weighted by Gasteiger charge is 2.20. The zero-order valence-corrected chi connectivity index (χ0v) is 11.6. The predicted molar refractivity (Wildman–Crippen MR) is 67.6 cm³/mol. The van der Waals surface area contributed by atoms with Crippen molar-refractivity contribution in [3.05, 3.63) is 0 Å². The number of carbonyl (C=O) groups is 2. The lowest BCUT2D eigenvalue weighted by atomic mass is 10.3. The van der Waals surface area contributed by atoms with Crippen molar-refractivity contribution in [2.45, 2.75) is 40.5 Å². The highest BCUT2D eigenvalue weighted by molar-refractivity contribution is 6.33. The third-order valence-electron chi connectivity index (χ3n) is 3.57. The molecule has 0 fully saturated rings. The molecule has 0 aromatic carbocycles. The lowest BCUT2D eigenvalue weighted by Crippen LogP contribution is -2.48. The average molecular weight is 244 g/mol. The van der Waals surface area contributed by atoms with Crippen LogP contribution in [0.1, 0.15) is 40.5 Å². The van der Waals surface area contributed by atoms with Crippen LogP contribution in [0, 0.1) is 0 Å². The molecule has 0 bridgehead atoms. The van der Waals surface area contributed by atoms with Crippen molar-refractivity contribution in [1.29, 1.82) is 0 Å². The quantitative estimate of drug-likeness (QED) is 0.269. The Hall–Kier alpha value is -0.900. The fraction of sp³-hybridized carbons (Fsp3) is 0.846. The predicted octanol–water partition coefficient (Wildman–Crippen LogP) is 1.78. The fourth-order valence-electron chi connectivity index (χ4n) is 1.93. The number of hydrogen-bond donors (Lipinski definition) is 0. The van der Waals surface area contributed by atoms with E-state index in [-0.39, 0.29) is 6.42 Å². The minimum absolute atomic E-state index is 0.220. The molecule has 0 atom stereocenters. The minimum Gasteiger partial charge on any atom is -0.460 e. The Morgan fingerprint density at radius 2 is 1.53 bits per heavy atom. The van der Waals surface area contributed by atoms with Gasteiger partial charge in [0.25, 0.3) is 0 Å². The Labute approximate surface area is 105 Å². The maximum atomic E-state index is 11.1. The standard InChI is InChI=1S/C13H26NO3/c1-5-12(15)13(16)17-11-9-10-14(6-2,7-3)8-4/h5-11H2,1-4H3/q+1. The number of carbonyl (C=O) groups excluding carboxylic acids is 2. The van der Waals surface area contributed by atoms with Gasteiger partial charge in [-0.05, 0) is 20.8 Å². The molecular formula is C13H26NO3+. The molecule has 0 saturated heterocycles. The highest BCUT2D eigenvalue weighted by Crippen LogP contribution is 2.07. The van der Waals surface area contributed by atoms with Gasteiger partial charge in [0.1, 0.15) is 0 Å². The first kappa shape index (κ1) is 16.1. The van der Waals surface area contributed by atoms with Crippen LogP contribution in [0.15, 0.2) is 0 Å². The molecule has 0 spiro atoms. The molecule has 0 N–H and O–H groups in total. The molecule has 0 aliphatic rings. The van der Waals surface area contributed by atoms with Gasteiger partial charge in [-0.15, -0.1) is 0 Å². The van der Waals surface area contributed by atoms with E-state index in [1.807, 2.05) is 0 Å². The Morgan fingerprint density at radius 1 is 1.00 bits per heavy atom. The summed E-state index contributed by atoms with van der Waals surface area (Å²) >= 11 is 0. The van der Waals surface area contributed by atoms with E-state index in [2.05, 4.69) is 20.8 Å². The summed E-state index contributed by atoms with van der Waals surface area (Å²) in [5, 5.41) is 0. The minimum atomic E-state index is -0.685. The second kappa shape index (κ2) is 8.23. The van der Waals surface area contributed by atoms with Gasteiger partial charge in [-0.1, -0.05) is 6.92 Å². The van der Waals surface area contributed by atoms with Crippen LogP contribution in [0.3, 0.4) is 0 Å². The molecule has 17 heavy (non-hydrogen) atoms. The van der Waals surface area contributed by atoms with Gasteiger partial charge in [0.15, 0.2) is 0 Å². The molecule has 4 nitrogen and oxygen atoms in total. The maximum Gasteiger partial charge on any atom is 0.374 e. The smallest absolute Gasteiger partial charge is 0.374 e. The molecule has 0 unspecified atom stereocenters. The largest absolute Gasteiger partial charge is 0.460 e. The molecule has 0 aromatic heterocycles. The Morgan fingerprint density at radius 3 is 1.94 bits per heavy atom. The van der Waals surface area contributed by atoms with Crippen LogP contribution in [-0.2, 0) is 14.3 Å². The van der Waals surface area contributed by atoms with Crippen LogP contribution in [0.25, 0.3) is 0 Å². The topological polar surface area (TPSA) is 43.4 Å². The van der Waals surface area contributed by atoms with Gasteiger partial charge in [-0.25, -0.2) is 4.79 Å². The van der Waals surface area contributed by atoms with Crippen molar-refractivity contribution < 1.29 is 18.8 Å². The number of rotatable bonds is 9. The fourth-order valence-corrected chi connectivity index (χ4v) is 1.93. The van der Waals surface area contributed by atoms with Gasteiger partial charge in [0, 0.05) is 12.8 Å². The van der Waals surface area contributed by atoms with E-state index in [0.29, 0.717) is 6.61 Å². The van der Waals surface area contributed by atoms with Crippen molar-refractivity contribution >= 4 is 11.8 Å². The molecule has 4 heteroatoms. The van der Waals surface area contributed by atoms with Crippen LogP contribution in [0.5, 0.6) is 0 Å². The van der Waals surface area contributed by atoms with Crippen molar-refractivity contribution in [3.63, 3.8) is 0 Å². The van der Waals surface area contributed by atoms with Crippen LogP contribution < -0.4 is 0 Å². The summed E-state index contributed by atoms with van der Waals surface area (Å²) in [5.41, 5.74) is 0. The summed E-state index contributed by atoms with van der Waals surface area (Å²) in [6.45, 7) is 12.8. The number of Topliss-reactive ketones (excluding diaryl/α,β-unsaturated/α-hetero) is 1. The first-order valence-corrected chi connectivity index (χ1v) is 6.60. The van der Waals surface area contributed by atoms with E-state index in [9.17, 15) is 9.59 Å². The monoisotopic (exact) mass is 244 g/mol. The number of ether oxygens (including phenoxy) is 1. The average Bonchev–Trinajstić information content (AvgIpc) is 2.38. The Bertz CT molecular complexity index is 239. The normalized spacial score (nSPS) is 11.3. The summed E-state index contributed by atoms with van der Waals surface area (Å²) in [6.07, 6.45) is 1.04. The zero-order chi connectivity index (χ0) is 13.3. The van der Waals surface area contributed by atoms with Crippen molar-refractivity contribution in [2.24, 2.45) is 0 Å². The van der Waals surface area contributed by atoms with E-state index < -0.39 is 11.8 Å². The van der Waals surface area contributed by atoms with Gasteiger partial charge in [-0.3, -0.25) is 4.79 Å². The number of nitrogens with zero attached hydrogens (tertiary/aromatic N) is 1. The van der Waals surface area contributed by atoms with Crippen molar-refractivity contribution in [2.75, 3.05) is 32.8 Å². The van der Waals surface area contributed by atoms with Crippen molar-refractivity contribution in [1.82, 2.24) is 0 Å². The molecule has 0 aliphatic carbocycles. The zero-order valence-electron chi connectivity index (χ0n) is 11.6. The van der Waals surface area contributed by atoms with E-state index in [4.69, 9.17) is 4.74 Å². The van der Waals surface area contributed by atoms with Gasteiger partial charge < -0.3 is 9.22 Å².